The third-order valence-corrected chi connectivity index (χ3v) is 4.48. The van der Waals surface area contributed by atoms with E-state index in [0.717, 1.165) is 10.9 Å². The number of nitrogens with zero attached hydrogens (tertiary/aromatic N) is 1. The Morgan fingerprint density at radius 3 is 2.59 bits per heavy atom. The molecule has 0 saturated carbocycles. The van der Waals surface area contributed by atoms with Crippen molar-refractivity contribution in [3.05, 3.63) is 52.2 Å². The monoisotopic (exact) mass is 312 g/mol. The van der Waals surface area contributed by atoms with Crippen LogP contribution in [0.15, 0.2) is 41.8 Å². The van der Waals surface area contributed by atoms with Crippen LogP contribution < -0.4 is 5.32 Å². The Morgan fingerprint density at radius 2 is 1.95 bits per heavy atom. The number of anilines is 1. The summed E-state index contributed by atoms with van der Waals surface area (Å²) in [5, 5.41) is 5.65. The summed E-state index contributed by atoms with van der Waals surface area (Å²) in [6.45, 7) is 4.20. The van der Waals surface area contributed by atoms with Crippen molar-refractivity contribution in [2.24, 2.45) is 0 Å². The lowest BCUT2D eigenvalue weighted by Gasteiger charge is -2.10. The van der Waals surface area contributed by atoms with Crippen molar-refractivity contribution in [3.63, 3.8) is 0 Å². The molecule has 4 nitrogen and oxygen atoms in total. The molecule has 3 aromatic rings. The Balaban J connectivity index is 2.17. The van der Waals surface area contributed by atoms with Gasteiger partial charge in [0.15, 0.2) is 5.78 Å². The number of benzene rings is 1. The average Bonchev–Trinajstić information content (AvgIpc) is 3.12. The number of para-hydroxylation sites is 1. The maximum Gasteiger partial charge on any atom is 0.266 e. The van der Waals surface area contributed by atoms with Crippen LogP contribution in [0.5, 0.6) is 0 Å². The highest BCUT2D eigenvalue weighted by Gasteiger charge is 2.21. The SMILES string of the molecule is CCn1c(NC(=O)c2cccs2)c(C(C)=O)c2ccccc21. The minimum Gasteiger partial charge on any atom is -0.327 e. The van der Waals surface area contributed by atoms with E-state index in [2.05, 4.69) is 5.32 Å². The maximum atomic E-state index is 12.4. The molecule has 2 heterocycles. The van der Waals surface area contributed by atoms with Crippen molar-refractivity contribution in [1.29, 1.82) is 0 Å². The number of aryl methyl sites for hydroxylation is 1. The molecular weight excluding hydrogens is 296 g/mol. The molecular formula is C17H16N2O2S. The highest BCUT2D eigenvalue weighted by atomic mass is 32.1. The zero-order valence-electron chi connectivity index (χ0n) is 12.4. The van der Waals surface area contributed by atoms with Crippen LogP contribution in [0.4, 0.5) is 5.82 Å². The van der Waals surface area contributed by atoms with Crippen LogP contribution in [-0.4, -0.2) is 16.3 Å². The number of fused-ring (bicyclic) bond motifs is 1. The predicted octanol–water partition coefficient (Wildman–Crippen LogP) is 4.18. The fourth-order valence-corrected chi connectivity index (χ4v) is 3.31. The molecule has 5 heteroatoms. The van der Waals surface area contributed by atoms with Crippen molar-refractivity contribution >= 4 is 39.7 Å². The summed E-state index contributed by atoms with van der Waals surface area (Å²) in [6, 6.07) is 11.3. The van der Waals surface area contributed by atoms with Crippen LogP contribution >= 0.6 is 11.3 Å². The van der Waals surface area contributed by atoms with E-state index in [1.807, 2.05) is 47.2 Å². The van der Waals surface area contributed by atoms with Crippen molar-refractivity contribution in [2.75, 3.05) is 5.32 Å². The van der Waals surface area contributed by atoms with E-state index in [-0.39, 0.29) is 11.7 Å². The number of ketones is 1. The molecule has 22 heavy (non-hydrogen) atoms. The van der Waals surface area contributed by atoms with Crippen LogP contribution in [0.2, 0.25) is 0 Å². The van der Waals surface area contributed by atoms with Gasteiger partial charge in [0.1, 0.15) is 5.82 Å². The lowest BCUT2D eigenvalue weighted by Crippen LogP contribution is -2.15. The van der Waals surface area contributed by atoms with Crippen LogP contribution in [0.3, 0.4) is 0 Å². The molecule has 0 radical (unpaired) electrons. The van der Waals surface area contributed by atoms with E-state index in [0.29, 0.717) is 22.8 Å². The summed E-state index contributed by atoms with van der Waals surface area (Å²) in [7, 11) is 0. The number of amides is 1. The zero-order valence-corrected chi connectivity index (χ0v) is 13.2. The third kappa shape index (κ3) is 2.33. The fourth-order valence-electron chi connectivity index (χ4n) is 2.70. The van der Waals surface area contributed by atoms with E-state index >= 15 is 0 Å². The summed E-state index contributed by atoms with van der Waals surface area (Å²) >= 11 is 1.38. The summed E-state index contributed by atoms with van der Waals surface area (Å²) < 4.78 is 1.97. The largest absolute Gasteiger partial charge is 0.327 e. The number of hydrogen-bond acceptors (Lipinski definition) is 3. The smallest absolute Gasteiger partial charge is 0.266 e. The van der Waals surface area contributed by atoms with E-state index in [1.54, 1.807) is 6.07 Å². The number of aromatic nitrogens is 1. The summed E-state index contributed by atoms with van der Waals surface area (Å²) in [6.07, 6.45) is 0. The van der Waals surface area contributed by atoms with Gasteiger partial charge in [-0.1, -0.05) is 24.3 Å². The summed E-state index contributed by atoms with van der Waals surface area (Å²) in [5.41, 5.74) is 1.53. The Hall–Kier alpha value is -2.40. The highest BCUT2D eigenvalue weighted by molar-refractivity contribution is 7.12. The number of hydrogen-bond donors (Lipinski definition) is 1. The normalized spacial score (nSPS) is 10.8. The lowest BCUT2D eigenvalue weighted by atomic mass is 10.1. The molecule has 0 aliphatic rings. The first-order chi connectivity index (χ1) is 10.6. The van der Waals surface area contributed by atoms with Gasteiger partial charge in [-0.15, -0.1) is 11.3 Å². The zero-order chi connectivity index (χ0) is 15.7. The first kappa shape index (κ1) is 14.5. The molecule has 0 spiro atoms. The molecule has 1 amide bonds. The van der Waals surface area contributed by atoms with Crippen molar-refractivity contribution < 1.29 is 9.59 Å². The van der Waals surface area contributed by atoms with Gasteiger partial charge < -0.3 is 9.88 Å². The van der Waals surface area contributed by atoms with Gasteiger partial charge in [0.05, 0.1) is 16.0 Å². The third-order valence-electron chi connectivity index (χ3n) is 3.62. The first-order valence-electron chi connectivity index (χ1n) is 7.10. The van der Waals surface area contributed by atoms with Gasteiger partial charge in [-0.05, 0) is 31.4 Å². The van der Waals surface area contributed by atoms with E-state index in [4.69, 9.17) is 0 Å². The van der Waals surface area contributed by atoms with Gasteiger partial charge in [0.2, 0.25) is 0 Å². The standard InChI is InChI=1S/C17H16N2O2S/c1-3-19-13-8-5-4-7-12(13)15(11(2)20)16(19)18-17(21)14-9-6-10-22-14/h4-10H,3H2,1-2H3,(H,18,21). The van der Waals surface area contributed by atoms with Crippen LogP contribution in [-0.2, 0) is 6.54 Å². The van der Waals surface area contributed by atoms with E-state index in [9.17, 15) is 9.59 Å². The van der Waals surface area contributed by atoms with Crippen LogP contribution in [0.25, 0.3) is 10.9 Å². The Labute approximate surface area is 132 Å². The van der Waals surface area contributed by atoms with Gasteiger partial charge in [-0.3, -0.25) is 9.59 Å². The number of carbonyl (C=O) groups is 2. The van der Waals surface area contributed by atoms with Crippen molar-refractivity contribution in [1.82, 2.24) is 4.57 Å². The Morgan fingerprint density at radius 1 is 1.18 bits per heavy atom. The molecule has 2 aromatic heterocycles. The lowest BCUT2D eigenvalue weighted by molar-refractivity contribution is 0.102. The van der Waals surface area contributed by atoms with Crippen molar-refractivity contribution in [3.8, 4) is 0 Å². The molecule has 1 N–H and O–H groups in total. The minimum atomic E-state index is -0.185. The number of carbonyl (C=O) groups excluding carboxylic acids is 2. The molecule has 0 atom stereocenters. The number of nitrogens with one attached hydrogen (secondary N) is 1. The molecule has 112 valence electrons. The second-order valence-corrected chi connectivity index (χ2v) is 5.92. The summed E-state index contributed by atoms with van der Waals surface area (Å²) in [4.78, 5) is 25.1. The highest BCUT2D eigenvalue weighted by Crippen LogP contribution is 2.31. The topological polar surface area (TPSA) is 51.1 Å². The molecule has 0 unspecified atom stereocenters. The quantitative estimate of drug-likeness (QED) is 0.735. The first-order valence-corrected chi connectivity index (χ1v) is 7.98. The molecule has 0 saturated heterocycles. The fraction of sp³-hybridized carbons (Fsp3) is 0.176. The number of thiophene rings is 1. The van der Waals surface area contributed by atoms with E-state index in [1.165, 1.54) is 18.3 Å². The van der Waals surface area contributed by atoms with Gasteiger partial charge >= 0.3 is 0 Å². The van der Waals surface area contributed by atoms with Gasteiger partial charge in [0.25, 0.3) is 5.91 Å². The van der Waals surface area contributed by atoms with Crippen LogP contribution in [0.1, 0.15) is 33.9 Å². The molecule has 3 rings (SSSR count). The molecule has 0 fully saturated rings. The second-order valence-electron chi connectivity index (χ2n) is 4.97. The average molecular weight is 312 g/mol. The van der Waals surface area contributed by atoms with Gasteiger partial charge in [-0.25, -0.2) is 0 Å². The molecule has 0 aliphatic heterocycles. The van der Waals surface area contributed by atoms with Crippen LogP contribution in [0, 0.1) is 0 Å². The van der Waals surface area contributed by atoms with Gasteiger partial charge in [0, 0.05) is 11.9 Å². The molecule has 0 aliphatic carbocycles. The van der Waals surface area contributed by atoms with Gasteiger partial charge in [-0.2, -0.15) is 0 Å². The molecule has 1 aromatic carbocycles. The Bertz CT molecular complexity index is 847. The van der Waals surface area contributed by atoms with E-state index < -0.39 is 0 Å². The number of rotatable bonds is 4. The second kappa shape index (κ2) is 5.77. The molecule has 0 bridgehead atoms. The maximum absolute atomic E-state index is 12.4. The van der Waals surface area contributed by atoms with Crippen molar-refractivity contribution in [2.45, 2.75) is 20.4 Å². The minimum absolute atomic E-state index is 0.0510. The number of Topliss-reactive ketones (excluding diaryl/α,β-unsaturated/α-hetero) is 1. The summed E-state index contributed by atoms with van der Waals surface area (Å²) in [5.74, 6) is 0.342. The Kier molecular flexibility index (Phi) is 3.81. The predicted molar refractivity (Wildman–Crippen MR) is 89.9 cm³/mol.